The average molecular weight is 387 g/mol. The van der Waals surface area contributed by atoms with Crippen molar-refractivity contribution in [2.75, 3.05) is 36.5 Å². The van der Waals surface area contributed by atoms with E-state index >= 15 is 0 Å². The second kappa shape index (κ2) is 7.53. The van der Waals surface area contributed by atoms with E-state index in [1.54, 1.807) is 6.20 Å². The SMILES string of the molecule is Cc1csc(NC(=O)c2cc(-c3ccccn3)c(N3CCOCC3)s2)n1. The van der Waals surface area contributed by atoms with Crippen molar-refractivity contribution in [2.24, 2.45) is 0 Å². The number of hydrogen-bond acceptors (Lipinski definition) is 7. The largest absolute Gasteiger partial charge is 0.378 e. The molecule has 1 aliphatic rings. The molecule has 1 amide bonds. The number of nitrogens with zero attached hydrogens (tertiary/aromatic N) is 3. The van der Waals surface area contributed by atoms with E-state index in [1.165, 1.54) is 22.7 Å². The summed E-state index contributed by atoms with van der Waals surface area (Å²) in [4.78, 5) is 24.4. The molecule has 1 saturated heterocycles. The fourth-order valence-electron chi connectivity index (χ4n) is 2.77. The van der Waals surface area contributed by atoms with Gasteiger partial charge in [-0.3, -0.25) is 15.1 Å². The summed E-state index contributed by atoms with van der Waals surface area (Å²) in [6, 6.07) is 7.75. The van der Waals surface area contributed by atoms with Gasteiger partial charge in [0.15, 0.2) is 5.13 Å². The lowest BCUT2D eigenvalue weighted by molar-refractivity contribution is 0.103. The molecule has 3 aromatic heterocycles. The highest BCUT2D eigenvalue weighted by Gasteiger charge is 2.22. The van der Waals surface area contributed by atoms with Crippen LogP contribution in [0.2, 0.25) is 0 Å². The summed E-state index contributed by atoms with van der Waals surface area (Å²) in [7, 11) is 0. The van der Waals surface area contributed by atoms with E-state index in [-0.39, 0.29) is 5.91 Å². The Labute approximate surface area is 159 Å². The van der Waals surface area contributed by atoms with E-state index in [2.05, 4.69) is 20.2 Å². The van der Waals surface area contributed by atoms with Gasteiger partial charge in [0.2, 0.25) is 0 Å². The Balaban J connectivity index is 1.67. The van der Waals surface area contributed by atoms with Gasteiger partial charge in [0, 0.05) is 30.2 Å². The number of nitrogens with one attached hydrogen (secondary N) is 1. The minimum Gasteiger partial charge on any atom is -0.378 e. The first-order valence-electron chi connectivity index (χ1n) is 8.32. The van der Waals surface area contributed by atoms with E-state index in [1.807, 2.05) is 36.6 Å². The van der Waals surface area contributed by atoms with Crippen LogP contribution in [0.15, 0.2) is 35.8 Å². The van der Waals surface area contributed by atoms with E-state index in [0.29, 0.717) is 23.2 Å². The molecule has 6 nitrogen and oxygen atoms in total. The highest BCUT2D eigenvalue weighted by Crippen LogP contribution is 2.39. The number of hydrogen-bond donors (Lipinski definition) is 1. The van der Waals surface area contributed by atoms with Crippen LogP contribution in [-0.2, 0) is 4.74 Å². The van der Waals surface area contributed by atoms with E-state index < -0.39 is 0 Å². The van der Waals surface area contributed by atoms with Gasteiger partial charge in [-0.2, -0.15) is 0 Å². The number of aryl methyl sites for hydroxylation is 1. The third-order valence-corrected chi connectivity index (χ3v) is 6.09. The Hall–Kier alpha value is -2.29. The average Bonchev–Trinajstić information content (AvgIpc) is 3.30. The van der Waals surface area contributed by atoms with Gasteiger partial charge in [0.1, 0.15) is 5.00 Å². The molecule has 1 N–H and O–H groups in total. The molecular weight excluding hydrogens is 368 g/mol. The highest BCUT2D eigenvalue weighted by atomic mass is 32.1. The van der Waals surface area contributed by atoms with Crippen molar-refractivity contribution in [3.63, 3.8) is 0 Å². The number of morpholine rings is 1. The van der Waals surface area contributed by atoms with Gasteiger partial charge >= 0.3 is 0 Å². The first kappa shape index (κ1) is 17.1. The van der Waals surface area contributed by atoms with Crippen LogP contribution in [0.5, 0.6) is 0 Å². The molecular formula is C18H18N4O2S2. The molecule has 4 heterocycles. The lowest BCUT2D eigenvalue weighted by atomic mass is 10.2. The molecule has 0 aromatic carbocycles. The summed E-state index contributed by atoms with van der Waals surface area (Å²) < 4.78 is 5.46. The Kier molecular flexibility index (Phi) is 4.96. The number of carbonyl (C=O) groups is 1. The molecule has 1 aliphatic heterocycles. The summed E-state index contributed by atoms with van der Waals surface area (Å²) in [5.41, 5.74) is 2.76. The van der Waals surface area contributed by atoms with Gasteiger partial charge in [-0.15, -0.1) is 22.7 Å². The standard InChI is InChI=1S/C18H18N4O2S2/c1-12-11-25-18(20-12)21-16(23)15-10-13(14-4-2-3-5-19-14)17(26-15)22-6-8-24-9-7-22/h2-5,10-11H,6-9H2,1H3,(H,20,21,23). The number of thiazole rings is 1. The van der Waals surface area contributed by atoms with Crippen LogP contribution in [0.1, 0.15) is 15.4 Å². The van der Waals surface area contributed by atoms with Crippen LogP contribution in [0, 0.1) is 6.92 Å². The maximum absolute atomic E-state index is 12.7. The molecule has 1 fully saturated rings. The highest BCUT2D eigenvalue weighted by molar-refractivity contribution is 7.19. The van der Waals surface area contributed by atoms with E-state index in [4.69, 9.17) is 4.74 Å². The second-order valence-electron chi connectivity index (χ2n) is 5.89. The zero-order chi connectivity index (χ0) is 17.9. The molecule has 0 unspecified atom stereocenters. The van der Waals surface area contributed by atoms with Crippen molar-refractivity contribution in [3.05, 3.63) is 46.4 Å². The van der Waals surface area contributed by atoms with Gasteiger partial charge in [0.25, 0.3) is 5.91 Å². The van der Waals surface area contributed by atoms with E-state index in [0.717, 1.165) is 35.0 Å². The van der Waals surface area contributed by atoms with Gasteiger partial charge in [-0.25, -0.2) is 4.98 Å². The Morgan fingerprint density at radius 1 is 1.31 bits per heavy atom. The number of carbonyl (C=O) groups excluding carboxylic acids is 1. The molecule has 3 aromatic rings. The number of aromatic nitrogens is 2. The number of anilines is 2. The third-order valence-electron chi connectivity index (χ3n) is 4.01. The topological polar surface area (TPSA) is 67.4 Å². The van der Waals surface area contributed by atoms with Crippen molar-refractivity contribution in [3.8, 4) is 11.3 Å². The number of pyridine rings is 1. The van der Waals surface area contributed by atoms with Crippen molar-refractivity contribution < 1.29 is 9.53 Å². The van der Waals surface area contributed by atoms with Gasteiger partial charge in [-0.1, -0.05) is 6.07 Å². The third kappa shape index (κ3) is 3.62. The molecule has 8 heteroatoms. The van der Waals surface area contributed by atoms with Crippen LogP contribution < -0.4 is 10.2 Å². The van der Waals surface area contributed by atoms with Gasteiger partial charge in [0.05, 0.1) is 29.5 Å². The number of rotatable bonds is 4. The Bertz CT molecular complexity index is 901. The van der Waals surface area contributed by atoms with Crippen LogP contribution >= 0.6 is 22.7 Å². The minimum atomic E-state index is -0.138. The van der Waals surface area contributed by atoms with Crippen LogP contribution in [-0.4, -0.2) is 42.2 Å². The molecule has 0 atom stereocenters. The predicted octanol–water partition coefficient (Wildman–Crippen LogP) is 3.66. The molecule has 0 aliphatic carbocycles. The normalized spacial score (nSPS) is 14.4. The van der Waals surface area contributed by atoms with Crippen molar-refractivity contribution >= 4 is 38.7 Å². The smallest absolute Gasteiger partial charge is 0.267 e. The molecule has 0 saturated carbocycles. The lowest BCUT2D eigenvalue weighted by Gasteiger charge is -2.28. The number of ether oxygens (including phenoxy) is 1. The molecule has 134 valence electrons. The Morgan fingerprint density at radius 2 is 2.15 bits per heavy atom. The maximum atomic E-state index is 12.7. The predicted molar refractivity (Wildman–Crippen MR) is 105 cm³/mol. The number of thiophene rings is 1. The first-order valence-corrected chi connectivity index (χ1v) is 10.0. The molecule has 0 spiro atoms. The fraction of sp³-hybridized carbons (Fsp3) is 0.278. The molecule has 0 radical (unpaired) electrons. The van der Waals surface area contributed by atoms with Crippen molar-refractivity contribution in [1.82, 2.24) is 9.97 Å². The summed E-state index contributed by atoms with van der Waals surface area (Å²) in [6.07, 6.45) is 1.77. The Morgan fingerprint density at radius 3 is 2.85 bits per heavy atom. The molecule has 4 rings (SSSR count). The zero-order valence-electron chi connectivity index (χ0n) is 14.3. The monoisotopic (exact) mass is 386 g/mol. The minimum absolute atomic E-state index is 0.138. The first-order chi connectivity index (χ1) is 12.7. The molecule has 26 heavy (non-hydrogen) atoms. The van der Waals surface area contributed by atoms with Gasteiger partial charge in [-0.05, 0) is 25.1 Å². The summed E-state index contributed by atoms with van der Waals surface area (Å²) >= 11 is 2.92. The summed E-state index contributed by atoms with van der Waals surface area (Å²) in [5.74, 6) is -0.138. The quantitative estimate of drug-likeness (QED) is 0.741. The van der Waals surface area contributed by atoms with Crippen LogP contribution in [0.25, 0.3) is 11.3 Å². The van der Waals surface area contributed by atoms with Crippen molar-refractivity contribution in [1.29, 1.82) is 0 Å². The van der Waals surface area contributed by atoms with Crippen molar-refractivity contribution in [2.45, 2.75) is 6.92 Å². The fourth-order valence-corrected chi connectivity index (χ4v) is 4.57. The lowest BCUT2D eigenvalue weighted by Crippen LogP contribution is -2.35. The van der Waals surface area contributed by atoms with Gasteiger partial charge < -0.3 is 9.64 Å². The maximum Gasteiger partial charge on any atom is 0.267 e. The summed E-state index contributed by atoms with van der Waals surface area (Å²) in [6.45, 7) is 4.92. The number of amides is 1. The second-order valence-corrected chi connectivity index (χ2v) is 7.78. The van der Waals surface area contributed by atoms with E-state index in [9.17, 15) is 4.79 Å². The zero-order valence-corrected chi connectivity index (χ0v) is 15.9. The van der Waals surface area contributed by atoms with Crippen LogP contribution in [0.4, 0.5) is 10.1 Å². The van der Waals surface area contributed by atoms with Crippen LogP contribution in [0.3, 0.4) is 0 Å². The summed E-state index contributed by atoms with van der Waals surface area (Å²) in [5, 5.41) is 6.49. The molecule has 0 bridgehead atoms.